The van der Waals surface area contributed by atoms with Crippen molar-refractivity contribution >= 4 is 11.6 Å². The second-order valence-electron chi connectivity index (χ2n) is 6.17. The highest BCUT2D eigenvalue weighted by molar-refractivity contribution is 5.95. The van der Waals surface area contributed by atoms with Crippen molar-refractivity contribution in [1.82, 2.24) is 10.5 Å². The monoisotopic (exact) mass is 327 g/mol. The molecule has 0 saturated carbocycles. The molecule has 0 aliphatic carbocycles. The normalized spacial score (nSPS) is 11.0. The molecule has 0 spiro atoms. The summed E-state index contributed by atoms with van der Waals surface area (Å²) >= 11 is 0. The molecule has 0 aliphatic rings. The Hall–Kier alpha value is -2.73. The van der Waals surface area contributed by atoms with Crippen LogP contribution in [0.15, 0.2) is 42.6 Å². The van der Waals surface area contributed by atoms with E-state index in [0.29, 0.717) is 17.9 Å². The molecule has 0 unspecified atom stereocenters. The van der Waals surface area contributed by atoms with E-state index >= 15 is 0 Å². The summed E-state index contributed by atoms with van der Waals surface area (Å²) in [7, 11) is 0. The van der Waals surface area contributed by atoms with E-state index in [0.717, 1.165) is 11.3 Å². The minimum absolute atomic E-state index is 0.0892. The Morgan fingerprint density at radius 1 is 1.25 bits per heavy atom. The van der Waals surface area contributed by atoms with Crippen LogP contribution < -0.4 is 10.2 Å². The van der Waals surface area contributed by atoms with Gasteiger partial charge in [0.2, 0.25) is 0 Å². The third kappa shape index (κ3) is 4.17. The van der Waals surface area contributed by atoms with Crippen molar-refractivity contribution in [3.05, 3.63) is 48.2 Å². The molecule has 24 heavy (non-hydrogen) atoms. The first kappa shape index (κ1) is 17.6. The molecule has 6 nitrogen and oxygen atoms in total. The molecule has 3 N–H and O–H groups in total. The van der Waals surface area contributed by atoms with Crippen LogP contribution in [0, 0.1) is 10.8 Å². The number of hydrogen-bond donors (Lipinski definition) is 3. The van der Waals surface area contributed by atoms with E-state index in [1.54, 1.807) is 24.5 Å². The van der Waals surface area contributed by atoms with Gasteiger partial charge in [-0.3, -0.25) is 25.9 Å². The summed E-state index contributed by atoms with van der Waals surface area (Å²) in [5, 5.41) is 16.2. The van der Waals surface area contributed by atoms with Gasteiger partial charge in [-0.05, 0) is 57.2 Å². The van der Waals surface area contributed by atoms with Crippen LogP contribution in [0.25, 0.3) is 11.3 Å². The fraction of sp³-hybridized carbons (Fsp3) is 0.278. The van der Waals surface area contributed by atoms with Crippen LogP contribution in [-0.2, 0) is 4.79 Å². The van der Waals surface area contributed by atoms with Crippen molar-refractivity contribution < 1.29 is 14.7 Å². The number of pyridine rings is 1. The first-order valence-electron chi connectivity index (χ1n) is 7.53. The van der Waals surface area contributed by atoms with E-state index < -0.39 is 5.41 Å². The summed E-state index contributed by atoms with van der Waals surface area (Å²) in [4.78, 5) is 15.8. The Labute approximate surface area is 141 Å². The van der Waals surface area contributed by atoms with E-state index in [1.165, 1.54) is 6.20 Å². The third-order valence-corrected chi connectivity index (χ3v) is 3.87. The molecular formula is C18H21N3O3. The van der Waals surface area contributed by atoms with Gasteiger partial charge in [0.15, 0.2) is 5.84 Å². The smallest absolute Gasteiger partial charge is 0.150 e. The van der Waals surface area contributed by atoms with Crippen molar-refractivity contribution in [1.29, 1.82) is 5.41 Å². The van der Waals surface area contributed by atoms with Gasteiger partial charge in [-0.1, -0.05) is 0 Å². The van der Waals surface area contributed by atoms with Crippen molar-refractivity contribution in [2.75, 3.05) is 6.61 Å². The second-order valence-corrected chi connectivity index (χ2v) is 6.17. The number of rotatable bonds is 6. The van der Waals surface area contributed by atoms with Gasteiger partial charge >= 0.3 is 0 Å². The number of ether oxygens (including phenoxy) is 1. The number of nitrogens with one attached hydrogen (secondary N) is 2. The molecular weight excluding hydrogens is 306 g/mol. The highest BCUT2D eigenvalue weighted by Gasteiger charge is 2.24. The quantitative estimate of drug-likeness (QED) is 0.430. The van der Waals surface area contributed by atoms with Crippen molar-refractivity contribution in [2.24, 2.45) is 5.41 Å². The molecule has 1 heterocycles. The SMILES string of the molecule is CC(=O)C(C)(C)COc1ccc(-c2ccc(C(=N)NO)cn2)cc1. The number of ketones is 1. The molecule has 0 atom stereocenters. The van der Waals surface area contributed by atoms with Crippen LogP contribution >= 0.6 is 0 Å². The number of hydroxylamine groups is 1. The van der Waals surface area contributed by atoms with Gasteiger partial charge < -0.3 is 4.74 Å². The van der Waals surface area contributed by atoms with Gasteiger partial charge in [0.05, 0.1) is 11.1 Å². The standard InChI is InChI=1S/C18H21N3O3/c1-12(22)18(2,3)11-24-15-7-4-13(5-8-15)16-9-6-14(10-20-16)17(19)21-23/h4-10,23H,11H2,1-3H3,(H2,19,21). The molecule has 1 aromatic carbocycles. The highest BCUT2D eigenvalue weighted by atomic mass is 16.5. The number of aromatic nitrogens is 1. The summed E-state index contributed by atoms with van der Waals surface area (Å²) in [6.45, 7) is 5.60. The lowest BCUT2D eigenvalue weighted by Crippen LogP contribution is -2.28. The lowest BCUT2D eigenvalue weighted by atomic mass is 9.90. The first-order chi connectivity index (χ1) is 11.3. The molecule has 0 radical (unpaired) electrons. The predicted molar refractivity (Wildman–Crippen MR) is 91.4 cm³/mol. The summed E-state index contributed by atoms with van der Waals surface area (Å²) in [5.74, 6) is 0.674. The van der Waals surface area contributed by atoms with Crippen molar-refractivity contribution in [3.63, 3.8) is 0 Å². The lowest BCUT2D eigenvalue weighted by molar-refractivity contribution is -0.126. The summed E-state index contributed by atoms with van der Waals surface area (Å²) in [6, 6.07) is 10.9. The molecule has 0 amide bonds. The molecule has 6 heteroatoms. The lowest BCUT2D eigenvalue weighted by Gasteiger charge is -2.21. The maximum Gasteiger partial charge on any atom is 0.150 e. The van der Waals surface area contributed by atoms with E-state index in [4.69, 9.17) is 15.4 Å². The Balaban J connectivity index is 2.06. The van der Waals surface area contributed by atoms with E-state index in [1.807, 2.05) is 38.1 Å². The van der Waals surface area contributed by atoms with Gasteiger partial charge in [-0.15, -0.1) is 0 Å². The minimum atomic E-state index is -0.513. The molecule has 0 saturated heterocycles. The number of benzene rings is 1. The number of Topliss-reactive ketones (excluding diaryl/α,β-unsaturated/α-hetero) is 1. The first-order valence-corrected chi connectivity index (χ1v) is 7.53. The number of nitrogens with zero attached hydrogens (tertiary/aromatic N) is 1. The van der Waals surface area contributed by atoms with Crippen LogP contribution in [0.1, 0.15) is 26.3 Å². The zero-order chi connectivity index (χ0) is 17.7. The van der Waals surface area contributed by atoms with Crippen LogP contribution in [0.3, 0.4) is 0 Å². The molecule has 0 fully saturated rings. The second kappa shape index (κ2) is 7.23. The Bertz CT molecular complexity index is 722. The maximum atomic E-state index is 11.5. The minimum Gasteiger partial charge on any atom is -0.493 e. The van der Waals surface area contributed by atoms with E-state index in [-0.39, 0.29) is 11.6 Å². The third-order valence-electron chi connectivity index (χ3n) is 3.87. The molecule has 126 valence electrons. The van der Waals surface area contributed by atoms with Crippen LogP contribution in [-0.4, -0.2) is 28.4 Å². The number of hydrogen-bond acceptors (Lipinski definition) is 5. The fourth-order valence-corrected chi connectivity index (χ4v) is 1.86. The van der Waals surface area contributed by atoms with E-state index in [2.05, 4.69) is 4.98 Å². The molecule has 0 bridgehead atoms. The molecule has 0 aliphatic heterocycles. The molecule has 1 aromatic heterocycles. The zero-order valence-corrected chi connectivity index (χ0v) is 14.0. The summed E-state index contributed by atoms with van der Waals surface area (Å²) in [6.07, 6.45) is 1.51. The highest BCUT2D eigenvalue weighted by Crippen LogP contribution is 2.23. The topological polar surface area (TPSA) is 95.3 Å². The number of amidine groups is 1. The maximum absolute atomic E-state index is 11.5. The average molecular weight is 327 g/mol. The van der Waals surface area contributed by atoms with Gasteiger partial charge in [0.25, 0.3) is 0 Å². The largest absolute Gasteiger partial charge is 0.493 e. The van der Waals surface area contributed by atoms with Gasteiger partial charge in [0.1, 0.15) is 18.1 Å². The van der Waals surface area contributed by atoms with E-state index in [9.17, 15) is 4.79 Å². The zero-order valence-electron chi connectivity index (χ0n) is 14.0. The Kier molecular flexibility index (Phi) is 5.31. The van der Waals surface area contributed by atoms with Crippen LogP contribution in [0.2, 0.25) is 0 Å². The van der Waals surface area contributed by atoms with Gasteiger partial charge in [-0.2, -0.15) is 0 Å². The summed E-state index contributed by atoms with van der Waals surface area (Å²) < 4.78 is 5.68. The molecule has 2 aromatic rings. The van der Waals surface area contributed by atoms with Crippen molar-refractivity contribution in [2.45, 2.75) is 20.8 Å². The molecule has 2 rings (SSSR count). The van der Waals surface area contributed by atoms with Gasteiger partial charge in [-0.25, -0.2) is 0 Å². The predicted octanol–water partition coefficient (Wildman–Crippen LogP) is 3.05. The fourth-order valence-electron chi connectivity index (χ4n) is 1.86. The Morgan fingerprint density at radius 2 is 1.92 bits per heavy atom. The number of carbonyl (C=O) groups is 1. The Morgan fingerprint density at radius 3 is 2.42 bits per heavy atom. The van der Waals surface area contributed by atoms with Gasteiger partial charge in [0, 0.05) is 17.3 Å². The average Bonchev–Trinajstić information content (AvgIpc) is 2.60. The number of carbonyl (C=O) groups excluding carboxylic acids is 1. The van der Waals surface area contributed by atoms with Crippen LogP contribution in [0.4, 0.5) is 0 Å². The van der Waals surface area contributed by atoms with Crippen LogP contribution in [0.5, 0.6) is 5.75 Å². The van der Waals surface area contributed by atoms with Crippen molar-refractivity contribution in [3.8, 4) is 17.0 Å². The summed E-state index contributed by atoms with van der Waals surface area (Å²) in [5.41, 5.74) is 3.42.